The first-order valence-corrected chi connectivity index (χ1v) is 5.32. The normalized spacial score (nSPS) is 12.4. The van der Waals surface area contributed by atoms with E-state index in [0.29, 0.717) is 12.3 Å². The fourth-order valence-corrected chi connectivity index (χ4v) is 1.36. The van der Waals surface area contributed by atoms with Crippen LogP contribution in [0, 0.1) is 0 Å². The van der Waals surface area contributed by atoms with Gasteiger partial charge in [-0.25, -0.2) is 0 Å². The number of amides is 1. The lowest BCUT2D eigenvalue weighted by atomic mass is 10.1. The molecule has 0 aromatic carbocycles. The monoisotopic (exact) mass is 210 g/mol. The van der Waals surface area contributed by atoms with Crippen LogP contribution in [0.2, 0.25) is 0 Å². The molecule has 1 rings (SSSR count). The summed E-state index contributed by atoms with van der Waals surface area (Å²) in [5.41, 5.74) is 5.57. The topological polar surface area (TPSA) is 68.3 Å². The van der Waals surface area contributed by atoms with Crippen molar-refractivity contribution in [3.63, 3.8) is 0 Å². The third-order valence-electron chi connectivity index (χ3n) is 2.27. The lowest BCUT2D eigenvalue weighted by Gasteiger charge is -2.15. The van der Waals surface area contributed by atoms with Gasteiger partial charge in [-0.2, -0.15) is 0 Å². The molecule has 0 saturated heterocycles. The summed E-state index contributed by atoms with van der Waals surface area (Å²) in [4.78, 5) is 11.6. The van der Waals surface area contributed by atoms with Crippen molar-refractivity contribution in [1.29, 1.82) is 0 Å². The van der Waals surface area contributed by atoms with Crippen molar-refractivity contribution in [2.75, 3.05) is 6.54 Å². The number of nitrogens with one attached hydrogen (secondary N) is 1. The van der Waals surface area contributed by atoms with E-state index in [4.69, 9.17) is 10.2 Å². The van der Waals surface area contributed by atoms with Crippen LogP contribution >= 0.6 is 0 Å². The number of carbonyl (C=O) groups is 1. The summed E-state index contributed by atoms with van der Waals surface area (Å²) in [6.07, 6.45) is 4.57. The first-order chi connectivity index (χ1) is 7.27. The van der Waals surface area contributed by atoms with Crippen LogP contribution in [0.1, 0.15) is 36.7 Å². The Bertz CT molecular complexity index is 283. The summed E-state index contributed by atoms with van der Waals surface area (Å²) < 4.78 is 4.99. The molecule has 84 valence electrons. The second kappa shape index (κ2) is 6.24. The Morgan fingerprint density at radius 3 is 3.00 bits per heavy atom. The molecule has 0 aliphatic heterocycles. The number of rotatable bonds is 6. The van der Waals surface area contributed by atoms with Gasteiger partial charge in [0.15, 0.2) is 5.76 Å². The van der Waals surface area contributed by atoms with Crippen molar-refractivity contribution in [2.24, 2.45) is 5.73 Å². The first-order valence-electron chi connectivity index (χ1n) is 5.32. The van der Waals surface area contributed by atoms with E-state index in [2.05, 4.69) is 12.2 Å². The third kappa shape index (κ3) is 3.75. The molecular formula is C11H18N2O2. The summed E-state index contributed by atoms with van der Waals surface area (Å²) in [6.45, 7) is 2.58. The van der Waals surface area contributed by atoms with E-state index < -0.39 is 0 Å². The summed E-state index contributed by atoms with van der Waals surface area (Å²) in [5, 5.41) is 2.85. The van der Waals surface area contributed by atoms with Crippen LogP contribution in [0.4, 0.5) is 0 Å². The number of hydrogen-bond donors (Lipinski definition) is 2. The molecule has 0 saturated carbocycles. The molecule has 0 fully saturated rings. The van der Waals surface area contributed by atoms with E-state index in [9.17, 15) is 4.79 Å². The number of furan rings is 1. The van der Waals surface area contributed by atoms with E-state index in [1.54, 1.807) is 12.1 Å². The standard InChI is InChI=1S/C11H18N2O2/c1-2-3-5-9(8-12)13-11(14)10-6-4-7-15-10/h4,6-7,9H,2-3,5,8,12H2,1H3,(H,13,14). The number of hydrogen-bond acceptors (Lipinski definition) is 3. The molecule has 0 aliphatic carbocycles. The number of nitrogens with two attached hydrogens (primary N) is 1. The van der Waals surface area contributed by atoms with Gasteiger partial charge in [0.1, 0.15) is 0 Å². The van der Waals surface area contributed by atoms with Crippen LogP contribution in [0.15, 0.2) is 22.8 Å². The van der Waals surface area contributed by atoms with E-state index in [-0.39, 0.29) is 11.9 Å². The first kappa shape index (κ1) is 11.8. The summed E-state index contributed by atoms with van der Waals surface area (Å²) in [7, 11) is 0. The molecule has 1 heterocycles. The van der Waals surface area contributed by atoms with Gasteiger partial charge in [-0.15, -0.1) is 0 Å². The minimum absolute atomic E-state index is 0.0440. The van der Waals surface area contributed by atoms with Crippen LogP contribution in [0.5, 0.6) is 0 Å². The van der Waals surface area contributed by atoms with Crippen molar-refractivity contribution < 1.29 is 9.21 Å². The van der Waals surface area contributed by atoms with E-state index in [1.807, 2.05) is 0 Å². The van der Waals surface area contributed by atoms with Crippen LogP contribution in [-0.2, 0) is 0 Å². The lowest BCUT2D eigenvalue weighted by Crippen LogP contribution is -2.40. The predicted molar refractivity (Wildman–Crippen MR) is 58.5 cm³/mol. The summed E-state index contributed by atoms with van der Waals surface area (Å²) in [6, 6.07) is 3.38. The van der Waals surface area contributed by atoms with Gasteiger partial charge in [0.25, 0.3) is 5.91 Å². The highest BCUT2D eigenvalue weighted by Gasteiger charge is 2.13. The van der Waals surface area contributed by atoms with Crippen molar-refractivity contribution in [3.8, 4) is 0 Å². The van der Waals surface area contributed by atoms with Crippen molar-refractivity contribution in [1.82, 2.24) is 5.32 Å². The maximum atomic E-state index is 11.6. The SMILES string of the molecule is CCCCC(CN)NC(=O)c1ccco1. The zero-order valence-electron chi connectivity index (χ0n) is 9.03. The van der Waals surface area contributed by atoms with Gasteiger partial charge in [0.2, 0.25) is 0 Å². The Labute approximate surface area is 89.8 Å². The molecule has 4 heteroatoms. The zero-order valence-corrected chi connectivity index (χ0v) is 9.03. The Hall–Kier alpha value is -1.29. The summed E-state index contributed by atoms with van der Waals surface area (Å²) in [5.74, 6) is 0.150. The fourth-order valence-electron chi connectivity index (χ4n) is 1.36. The molecule has 0 spiro atoms. The highest BCUT2D eigenvalue weighted by molar-refractivity contribution is 5.91. The number of unbranched alkanes of at least 4 members (excludes halogenated alkanes) is 1. The predicted octanol–water partition coefficient (Wildman–Crippen LogP) is 1.53. The Balaban J connectivity index is 2.41. The average molecular weight is 210 g/mol. The molecule has 0 aliphatic rings. The maximum Gasteiger partial charge on any atom is 0.287 e. The van der Waals surface area contributed by atoms with E-state index in [0.717, 1.165) is 19.3 Å². The molecule has 15 heavy (non-hydrogen) atoms. The van der Waals surface area contributed by atoms with Gasteiger partial charge in [-0.05, 0) is 18.6 Å². The quantitative estimate of drug-likeness (QED) is 0.748. The van der Waals surface area contributed by atoms with Crippen LogP contribution in [0.25, 0.3) is 0 Å². The molecule has 0 radical (unpaired) electrons. The average Bonchev–Trinajstić information content (AvgIpc) is 2.77. The Morgan fingerprint density at radius 2 is 2.47 bits per heavy atom. The molecule has 1 atom stereocenters. The van der Waals surface area contributed by atoms with Gasteiger partial charge in [0, 0.05) is 12.6 Å². The van der Waals surface area contributed by atoms with Gasteiger partial charge < -0.3 is 15.5 Å². The number of carbonyl (C=O) groups excluding carboxylic acids is 1. The zero-order chi connectivity index (χ0) is 11.1. The van der Waals surface area contributed by atoms with Crippen molar-refractivity contribution in [3.05, 3.63) is 24.2 Å². The highest BCUT2D eigenvalue weighted by Crippen LogP contribution is 2.03. The van der Waals surface area contributed by atoms with Crippen LogP contribution in [0.3, 0.4) is 0 Å². The molecule has 1 unspecified atom stereocenters. The second-order valence-corrected chi connectivity index (χ2v) is 3.53. The van der Waals surface area contributed by atoms with E-state index >= 15 is 0 Å². The van der Waals surface area contributed by atoms with Gasteiger partial charge in [0.05, 0.1) is 6.26 Å². The fraction of sp³-hybridized carbons (Fsp3) is 0.545. The second-order valence-electron chi connectivity index (χ2n) is 3.53. The van der Waals surface area contributed by atoms with Crippen LogP contribution in [-0.4, -0.2) is 18.5 Å². The van der Waals surface area contributed by atoms with Crippen molar-refractivity contribution >= 4 is 5.91 Å². The molecule has 3 N–H and O–H groups in total. The minimum Gasteiger partial charge on any atom is -0.459 e. The van der Waals surface area contributed by atoms with Gasteiger partial charge in [-0.1, -0.05) is 19.8 Å². The van der Waals surface area contributed by atoms with Crippen LogP contribution < -0.4 is 11.1 Å². The molecular weight excluding hydrogens is 192 g/mol. The summed E-state index contributed by atoms with van der Waals surface area (Å²) >= 11 is 0. The molecule has 0 bridgehead atoms. The highest BCUT2D eigenvalue weighted by atomic mass is 16.3. The van der Waals surface area contributed by atoms with Gasteiger partial charge in [-0.3, -0.25) is 4.79 Å². The smallest absolute Gasteiger partial charge is 0.287 e. The maximum absolute atomic E-state index is 11.6. The Morgan fingerprint density at radius 1 is 1.67 bits per heavy atom. The minimum atomic E-state index is -0.188. The van der Waals surface area contributed by atoms with Gasteiger partial charge >= 0.3 is 0 Å². The van der Waals surface area contributed by atoms with E-state index in [1.165, 1.54) is 6.26 Å². The molecule has 1 aromatic heterocycles. The molecule has 1 aromatic rings. The largest absolute Gasteiger partial charge is 0.459 e. The molecule has 1 amide bonds. The third-order valence-corrected chi connectivity index (χ3v) is 2.27. The molecule has 4 nitrogen and oxygen atoms in total. The van der Waals surface area contributed by atoms with Crippen molar-refractivity contribution in [2.45, 2.75) is 32.2 Å². The Kier molecular flexibility index (Phi) is 4.90. The lowest BCUT2D eigenvalue weighted by molar-refractivity contribution is 0.0907.